The summed E-state index contributed by atoms with van der Waals surface area (Å²) in [5.74, 6) is -0.843. The van der Waals surface area contributed by atoms with Gasteiger partial charge in [0.25, 0.3) is 0 Å². The average molecular weight is 444 g/mol. The van der Waals surface area contributed by atoms with Crippen molar-refractivity contribution in [1.29, 1.82) is 0 Å². The molecule has 0 saturated heterocycles. The summed E-state index contributed by atoms with van der Waals surface area (Å²) in [4.78, 5) is 10.8. The maximum absolute atomic E-state index is 10.8. The van der Waals surface area contributed by atoms with Crippen LogP contribution in [0.4, 0.5) is 0 Å². The van der Waals surface area contributed by atoms with Crippen LogP contribution in [0.2, 0.25) is 0 Å². The molecule has 2 N–H and O–H groups in total. The van der Waals surface area contributed by atoms with Crippen LogP contribution in [0.15, 0.2) is 60.7 Å². The van der Waals surface area contributed by atoms with Gasteiger partial charge in [-0.15, -0.1) is 11.8 Å². The quantitative estimate of drug-likeness (QED) is 0.279. The molecule has 154 valence electrons. The second-order valence-electron chi connectivity index (χ2n) is 7.63. The largest absolute Gasteiger partial charge is 0.481 e. The van der Waals surface area contributed by atoms with Crippen LogP contribution in [-0.4, -0.2) is 56.8 Å². The minimum Gasteiger partial charge on any atom is -0.481 e. The molecule has 9 heteroatoms. The molecule has 2 aromatic carbocycles. The van der Waals surface area contributed by atoms with Crippen molar-refractivity contribution in [3.63, 3.8) is 0 Å². The number of thioether (sulfide) groups is 2. The van der Waals surface area contributed by atoms with Gasteiger partial charge >= 0.3 is 5.97 Å². The lowest BCUT2D eigenvalue weighted by atomic mass is 9.60. The molecule has 3 atom stereocenters. The highest BCUT2D eigenvalue weighted by Crippen LogP contribution is 2.46. The van der Waals surface area contributed by atoms with Gasteiger partial charge in [0.15, 0.2) is 0 Å². The van der Waals surface area contributed by atoms with Gasteiger partial charge in [0.05, 0.1) is 31.4 Å². The predicted octanol–water partition coefficient (Wildman–Crippen LogP) is 3.90. The third-order valence-corrected chi connectivity index (χ3v) is 7.14. The van der Waals surface area contributed by atoms with E-state index in [1.807, 2.05) is 48.5 Å². The molecule has 2 aromatic rings. The van der Waals surface area contributed by atoms with Gasteiger partial charge < -0.3 is 10.2 Å². The third-order valence-electron chi connectivity index (χ3n) is 4.72. The second-order valence-corrected chi connectivity index (χ2v) is 10.6. The first-order chi connectivity index (χ1) is 14.6. The first-order valence-electron chi connectivity index (χ1n) is 10.1. The monoisotopic (exact) mass is 444 g/mol. The number of hydrogen-bond donors (Lipinski definition) is 2. The van der Waals surface area contributed by atoms with Crippen molar-refractivity contribution in [2.75, 3.05) is 0 Å². The molecular weight excluding hydrogens is 420 g/mol. The van der Waals surface area contributed by atoms with Gasteiger partial charge in [-0.1, -0.05) is 71.6 Å². The average Bonchev–Trinajstić information content (AvgIpc) is 2.71. The zero-order valence-corrected chi connectivity index (χ0v) is 19.0. The van der Waals surface area contributed by atoms with Crippen LogP contribution in [0.1, 0.15) is 53.8 Å². The van der Waals surface area contributed by atoms with Crippen molar-refractivity contribution in [2.45, 2.75) is 51.9 Å². The topological polar surface area (TPSA) is 57.5 Å². The van der Waals surface area contributed by atoms with Gasteiger partial charge in [-0.2, -0.15) is 11.8 Å². The van der Waals surface area contributed by atoms with E-state index in [9.17, 15) is 9.90 Å². The van der Waals surface area contributed by atoms with E-state index in [1.165, 1.54) is 11.8 Å². The van der Waals surface area contributed by atoms with E-state index in [0.717, 1.165) is 17.3 Å². The Balaban J connectivity index is 2.10. The normalized spacial score (nSPS) is 15.6. The van der Waals surface area contributed by atoms with E-state index >= 15 is 0 Å². The molecule has 0 saturated carbocycles. The molecular formula is C22H24B4O3S2. The first-order valence-corrected chi connectivity index (χ1v) is 11.8. The third kappa shape index (κ3) is 9.46. The Bertz CT molecular complexity index is 811. The van der Waals surface area contributed by atoms with Crippen molar-refractivity contribution >= 4 is 60.9 Å². The smallest absolute Gasteiger partial charge is 0.303 e. The zero-order valence-electron chi connectivity index (χ0n) is 17.4. The Morgan fingerprint density at radius 2 is 1.45 bits per heavy atom. The zero-order chi connectivity index (χ0) is 22.9. The molecule has 3 unspecified atom stereocenters. The maximum Gasteiger partial charge on any atom is 0.303 e. The molecule has 0 aliphatic carbocycles. The minimum absolute atomic E-state index is 0.0728. The number of carbonyl (C=O) groups is 1. The number of carboxylic acids is 1. The van der Waals surface area contributed by atoms with E-state index in [-0.39, 0.29) is 12.8 Å². The minimum atomic E-state index is -1.32. The summed E-state index contributed by atoms with van der Waals surface area (Å²) in [6.07, 6.45) is 1.83. The Labute approximate surface area is 199 Å². The van der Waals surface area contributed by atoms with Crippen molar-refractivity contribution in [2.24, 2.45) is 0 Å². The molecule has 0 amide bonds. The van der Waals surface area contributed by atoms with Crippen LogP contribution < -0.4 is 0 Å². The molecule has 0 bridgehead atoms. The van der Waals surface area contributed by atoms with E-state index in [4.69, 9.17) is 36.5 Å². The summed E-state index contributed by atoms with van der Waals surface area (Å²) in [6.45, 7) is 0. The van der Waals surface area contributed by atoms with Crippen molar-refractivity contribution in [3.8, 4) is 0 Å². The fourth-order valence-electron chi connectivity index (χ4n) is 3.26. The highest BCUT2D eigenvalue weighted by atomic mass is 32.2. The molecule has 2 rings (SSSR count). The molecule has 8 radical (unpaired) electrons. The number of carboxylic acid groups (broad SMARTS) is 1. The Morgan fingerprint density at radius 1 is 0.903 bits per heavy atom. The molecule has 0 fully saturated rings. The Morgan fingerprint density at radius 3 is 2.00 bits per heavy atom. The van der Waals surface area contributed by atoms with Crippen LogP contribution in [-0.2, 0) is 4.79 Å². The summed E-state index contributed by atoms with van der Waals surface area (Å²) in [7, 11) is 25.9. The summed E-state index contributed by atoms with van der Waals surface area (Å²) in [5.41, 5.74) is 0.718. The molecule has 31 heavy (non-hydrogen) atoms. The van der Waals surface area contributed by atoms with Crippen LogP contribution in [0.5, 0.6) is 0 Å². The fourth-order valence-corrected chi connectivity index (χ4v) is 5.78. The lowest BCUT2D eigenvalue weighted by molar-refractivity contribution is -0.137. The second kappa shape index (κ2) is 12.2. The van der Waals surface area contributed by atoms with Crippen LogP contribution in [0.25, 0.3) is 0 Å². The maximum atomic E-state index is 10.8. The summed E-state index contributed by atoms with van der Waals surface area (Å²) >= 11 is 2.39. The van der Waals surface area contributed by atoms with Gasteiger partial charge in [-0.3, -0.25) is 4.79 Å². The van der Waals surface area contributed by atoms with Gasteiger partial charge in [0.1, 0.15) is 5.44 Å². The van der Waals surface area contributed by atoms with E-state index in [2.05, 4.69) is 0 Å². The number of unbranched alkanes of at least 4 members (excludes halogenated alkanes) is 1. The van der Waals surface area contributed by atoms with Gasteiger partial charge in [0, 0.05) is 6.42 Å². The van der Waals surface area contributed by atoms with Crippen LogP contribution in [0.3, 0.4) is 0 Å². The standard InChI is InChI=1S/C22H24B4O3S2/c23-19(16-9-3-1-4-10-16)30-21(24,14-8-7-13-18(27)28)15-22(25,26)31-20(29)17-11-5-2-6-12-17/h1-6,9-12,19-20,29H,7-8,13-15H2,(H,27,28). The SMILES string of the molecule is [B]C(SC([B])(CCCCC(=O)O)CC([B])([B])SC(O)c1ccccc1)c1ccccc1. The predicted molar refractivity (Wildman–Crippen MR) is 135 cm³/mol. The number of aliphatic hydroxyl groups excluding tert-OH is 1. The first kappa shape index (κ1) is 26.1. The number of aliphatic hydroxyl groups is 1. The van der Waals surface area contributed by atoms with Crippen molar-refractivity contribution in [1.82, 2.24) is 0 Å². The van der Waals surface area contributed by atoms with E-state index in [1.54, 1.807) is 12.1 Å². The highest BCUT2D eigenvalue weighted by Gasteiger charge is 2.35. The summed E-state index contributed by atoms with van der Waals surface area (Å²) < 4.78 is -2.22. The van der Waals surface area contributed by atoms with Crippen LogP contribution in [0, 0.1) is 0 Å². The number of benzene rings is 2. The fraction of sp³-hybridized carbons (Fsp3) is 0.409. The van der Waals surface area contributed by atoms with Gasteiger partial charge in [0.2, 0.25) is 0 Å². The molecule has 0 aliphatic rings. The number of rotatable bonds is 13. The lowest BCUT2D eigenvalue weighted by Gasteiger charge is -2.41. The summed E-state index contributed by atoms with van der Waals surface area (Å²) in [5, 5.41) is 19.1. The molecule has 3 nitrogen and oxygen atoms in total. The van der Waals surface area contributed by atoms with Gasteiger partial charge in [-0.05, 0) is 40.2 Å². The number of aliphatic carboxylic acids is 1. The van der Waals surface area contributed by atoms with E-state index in [0.29, 0.717) is 24.8 Å². The highest BCUT2D eigenvalue weighted by molar-refractivity contribution is 8.04. The van der Waals surface area contributed by atoms with Gasteiger partial charge in [-0.25, -0.2) is 0 Å². The summed E-state index contributed by atoms with van der Waals surface area (Å²) in [6, 6.07) is 18.7. The Kier molecular flexibility index (Phi) is 10.2. The molecule has 0 aliphatic heterocycles. The molecule has 0 heterocycles. The van der Waals surface area contributed by atoms with E-state index < -0.39 is 25.7 Å². The van der Waals surface area contributed by atoms with Crippen LogP contribution >= 0.6 is 23.5 Å². The molecule has 0 aromatic heterocycles. The van der Waals surface area contributed by atoms with Crippen molar-refractivity contribution in [3.05, 3.63) is 71.8 Å². The van der Waals surface area contributed by atoms with Crippen molar-refractivity contribution < 1.29 is 15.0 Å². The Hall–Kier alpha value is -1.17. The number of hydrogen-bond acceptors (Lipinski definition) is 4. The lowest BCUT2D eigenvalue weighted by Crippen LogP contribution is -2.40. The molecule has 0 spiro atoms.